The van der Waals surface area contributed by atoms with Crippen LogP contribution in [-0.2, 0) is 0 Å². The van der Waals surface area contributed by atoms with E-state index in [1.807, 2.05) is 12.1 Å². The molecule has 0 aromatic heterocycles. The average molecular weight is 168 g/mol. The zero-order valence-electron chi connectivity index (χ0n) is 6.39. The van der Waals surface area contributed by atoms with Crippen LogP contribution in [0.15, 0.2) is 18.2 Å². The molecule has 1 aliphatic heterocycles. The van der Waals surface area contributed by atoms with Crippen LogP contribution in [0.3, 0.4) is 0 Å². The largest absolute Gasteiger partial charge is 0.384 e. The Balaban J connectivity index is 2.58. The van der Waals surface area contributed by atoms with Crippen LogP contribution in [0.5, 0.6) is 0 Å². The van der Waals surface area contributed by atoms with Gasteiger partial charge >= 0.3 is 0 Å². The lowest BCUT2D eigenvalue weighted by Gasteiger charge is -2.03. The second-order valence-corrected chi connectivity index (χ2v) is 3.39. The summed E-state index contributed by atoms with van der Waals surface area (Å²) in [5.41, 5.74) is 2.47. The molecule has 1 aliphatic rings. The molecule has 0 bridgehead atoms. The minimum atomic E-state index is 0.554. The van der Waals surface area contributed by atoms with Crippen molar-refractivity contribution in [3.8, 4) is 0 Å². The van der Waals surface area contributed by atoms with E-state index in [-0.39, 0.29) is 0 Å². The summed E-state index contributed by atoms with van der Waals surface area (Å²) in [6, 6.07) is 6.00. The number of halogens is 1. The molecule has 0 radical (unpaired) electrons. The van der Waals surface area contributed by atoms with E-state index in [9.17, 15) is 0 Å². The van der Waals surface area contributed by atoms with E-state index >= 15 is 0 Å². The van der Waals surface area contributed by atoms with E-state index in [1.165, 1.54) is 11.3 Å². The summed E-state index contributed by atoms with van der Waals surface area (Å²) < 4.78 is 0. The van der Waals surface area contributed by atoms with Gasteiger partial charge in [-0.2, -0.15) is 0 Å². The third kappa shape index (κ3) is 1.000. The van der Waals surface area contributed by atoms with Crippen molar-refractivity contribution in [2.75, 3.05) is 11.9 Å². The Bertz CT molecular complexity index is 283. The van der Waals surface area contributed by atoms with Gasteiger partial charge in [0.15, 0.2) is 0 Å². The first kappa shape index (κ1) is 6.99. The molecule has 0 fully saturated rings. The van der Waals surface area contributed by atoms with Gasteiger partial charge in [0.2, 0.25) is 0 Å². The highest BCUT2D eigenvalue weighted by atomic mass is 35.5. The zero-order valence-corrected chi connectivity index (χ0v) is 7.15. The Labute approximate surface area is 71.4 Å². The van der Waals surface area contributed by atoms with Gasteiger partial charge in [0.1, 0.15) is 0 Å². The van der Waals surface area contributed by atoms with E-state index < -0.39 is 0 Å². The Morgan fingerprint density at radius 3 is 3.09 bits per heavy atom. The maximum atomic E-state index is 6.02. The lowest BCUT2D eigenvalue weighted by atomic mass is 10.0. The third-order valence-corrected chi connectivity index (χ3v) is 2.47. The molecule has 2 rings (SSSR count). The van der Waals surface area contributed by atoms with E-state index in [2.05, 4.69) is 18.3 Å². The molecule has 0 saturated carbocycles. The molecule has 0 amide bonds. The van der Waals surface area contributed by atoms with Gasteiger partial charge in [-0.25, -0.2) is 0 Å². The summed E-state index contributed by atoms with van der Waals surface area (Å²) in [6.45, 7) is 3.20. The minimum Gasteiger partial charge on any atom is -0.384 e. The Hall–Kier alpha value is -0.690. The fraction of sp³-hybridized carbons (Fsp3) is 0.333. The predicted molar refractivity (Wildman–Crippen MR) is 48.4 cm³/mol. The fourth-order valence-corrected chi connectivity index (χ4v) is 1.92. The molecule has 1 atom stereocenters. The Kier molecular flexibility index (Phi) is 1.53. The highest BCUT2D eigenvalue weighted by Crippen LogP contribution is 2.36. The molecular formula is C9H10ClN. The number of rotatable bonds is 0. The zero-order chi connectivity index (χ0) is 7.84. The van der Waals surface area contributed by atoms with Crippen molar-refractivity contribution in [2.45, 2.75) is 12.8 Å². The minimum absolute atomic E-state index is 0.554. The second kappa shape index (κ2) is 2.42. The van der Waals surface area contributed by atoms with Crippen LogP contribution < -0.4 is 5.32 Å². The Morgan fingerprint density at radius 1 is 1.55 bits per heavy atom. The lowest BCUT2D eigenvalue weighted by molar-refractivity contribution is 0.854. The standard InChI is InChI=1S/C9H10ClN/c1-6-5-11-8-4-2-3-7(10)9(6)8/h2-4,6,11H,5H2,1H3. The molecule has 1 unspecified atom stereocenters. The van der Waals surface area contributed by atoms with Gasteiger partial charge in [-0.1, -0.05) is 24.6 Å². The van der Waals surface area contributed by atoms with Crippen molar-refractivity contribution in [3.63, 3.8) is 0 Å². The van der Waals surface area contributed by atoms with Crippen molar-refractivity contribution >= 4 is 17.3 Å². The molecule has 1 nitrogen and oxygen atoms in total. The van der Waals surface area contributed by atoms with Crippen molar-refractivity contribution in [1.82, 2.24) is 0 Å². The monoisotopic (exact) mass is 167 g/mol. The molecule has 1 N–H and O–H groups in total. The van der Waals surface area contributed by atoms with Crippen LogP contribution in [0.4, 0.5) is 5.69 Å². The van der Waals surface area contributed by atoms with Gasteiger partial charge in [-0.3, -0.25) is 0 Å². The molecule has 0 aliphatic carbocycles. The quantitative estimate of drug-likeness (QED) is 0.627. The molecule has 0 saturated heterocycles. The van der Waals surface area contributed by atoms with Gasteiger partial charge in [0.25, 0.3) is 0 Å². The van der Waals surface area contributed by atoms with Gasteiger partial charge in [-0.05, 0) is 17.7 Å². The van der Waals surface area contributed by atoms with E-state index in [4.69, 9.17) is 11.6 Å². The number of benzene rings is 1. The molecule has 58 valence electrons. The maximum absolute atomic E-state index is 6.02. The Morgan fingerprint density at radius 2 is 2.36 bits per heavy atom. The number of hydrogen-bond donors (Lipinski definition) is 1. The predicted octanol–water partition coefficient (Wildman–Crippen LogP) is 2.87. The number of anilines is 1. The molecule has 1 heterocycles. The first-order valence-electron chi connectivity index (χ1n) is 3.81. The molecule has 1 aromatic carbocycles. The summed E-state index contributed by atoms with van der Waals surface area (Å²) in [5.74, 6) is 0.554. The SMILES string of the molecule is CC1CNc2cccc(Cl)c21. The number of fused-ring (bicyclic) bond motifs is 1. The maximum Gasteiger partial charge on any atom is 0.0462 e. The molecule has 0 spiro atoms. The lowest BCUT2D eigenvalue weighted by Crippen LogP contribution is -1.96. The van der Waals surface area contributed by atoms with Crippen LogP contribution in [0, 0.1) is 0 Å². The first-order valence-corrected chi connectivity index (χ1v) is 4.19. The summed E-state index contributed by atoms with van der Waals surface area (Å²) in [5, 5.41) is 4.20. The fourth-order valence-electron chi connectivity index (χ4n) is 1.56. The molecular weight excluding hydrogens is 158 g/mol. The van der Waals surface area contributed by atoms with E-state index in [0.717, 1.165) is 11.6 Å². The third-order valence-electron chi connectivity index (χ3n) is 2.14. The van der Waals surface area contributed by atoms with Gasteiger partial charge in [-0.15, -0.1) is 0 Å². The first-order chi connectivity index (χ1) is 5.29. The summed E-state index contributed by atoms with van der Waals surface area (Å²) in [7, 11) is 0. The normalized spacial score (nSPS) is 21.1. The molecule has 11 heavy (non-hydrogen) atoms. The van der Waals surface area contributed by atoms with Crippen LogP contribution in [0.1, 0.15) is 18.4 Å². The number of nitrogens with one attached hydrogen (secondary N) is 1. The summed E-state index contributed by atoms with van der Waals surface area (Å²) in [4.78, 5) is 0. The van der Waals surface area contributed by atoms with Crippen molar-refractivity contribution in [3.05, 3.63) is 28.8 Å². The van der Waals surface area contributed by atoms with Crippen molar-refractivity contribution in [2.24, 2.45) is 0 Å². The topological polar surface area (TPSA) is 12.0 Å². The van der Waals surface area contributed by atoms with Gasteiger partial charge in [0, 0.05) is 23.2 Å². The van der Waals surface area contributed by atoms with E-state index in [1.54, 1.807) is 0 Å². The molecule has 2 heteroatoms. The van der Waals surface area contributed by atoms with Crippen LogP contribution in [0.2, 0.25) is 5.02 Å². The summed E-state index contributed by atoms with van der Waals surface area (Å²) in [6.07, 6.45) is 0. The van der Waals surface area contributed by atoms with Gasteiger partial charge < -0.3 is 5.32 Å². The summed E-state index contributed by atoms with van der Waals surface area (Å²) >= 11 is 6.02. The van der Waals surface area contributed by atoms with Crippen LogP contribution >= 0.6 is 11.6 Å². The van der Waals surface area contributed by atoms with Crippen LogP contribution in [-0.4, -0.2) is 6.54 Å². The number of hydrogen-bond acceptors (Lipinski definition) is 1. The highest BCUT2D eigenvalue weighted by molar-refractivity contribution is 6.31. The smallest absolute Gasteiger partial charge is 0.0462 e. The van der Waals surface area contributed by atoms with E-state index in [0.29, 0.717) is 5.92 Å². The average Bonchev–Trinajstić information content (AvgIpc) is 2.34. The van der Waals surface area contributed by atoms with Crippen LogP contribution in [0.25, 0.3) is 0 Å². The highest BCUT2D eigenvalue weighted by Gasteiger charge is 2.19. The van der Waals surface area contributed by atoms with Crippen molar-refractivity contribution < 1.29 is 0 Å². The van der Waals surface area contributed by atoms with Gasteiger partial charge in [0.05, 0.1) is 0 Å². The second-order valence-electron chi connectivity index (χ2n) is 2.98. The molecule has 1 aromatic rings. The van der Waals surface area contributed by atoms with Crippen molar-refractivity contribution in [1.29, 1.82) is 0 Å².